The van der Waals surface area contributed by atoms with E-state index in [1.165, 1.54) is 22.5 Å². The van der Waals surface area contributed by atoms with Crippen molar-refractivity contribution >= 4 is 28.7 Å². The summed E-state index contributed by atoms with van der Waals surface area (Å²) in [6, 6.07) is 7.73. The third kappa shape index (κ3) is 5.65. The molecule has 2 heterocycles. The standard InChI is InChI=1S/C10H12ClNO.C6H6OS.C2H6/c1-6-2-7-4-8(5-12)13-10(7)9(11)3-6;1-5(7)6-3-2-4-8-6;1-2/h2-3,8H,4-5,12H2,1H3;2-4H,1H3;1-2H3. The summed E-state index contributed by atoms with van der Waals surface area (Å²) in [5, 5.41) is 2.60. The molecule has 0 radical (unpaired) electrons. The summed E-state index contributed by atoms with van der Waals surface area (Å²) in [5.41, 5.74) is 7.89. The number of hydrogen-bond acceptors (Lipinski definition) is 4. The van der Waals surface area contributed by atoms with Gasteiger partial charge in [-0.25, -0.2) is 0 Å². The SMILES string of the molecule is CC.CC(=O)c1cccs1.Cc1cc(Cl)c2c(c1)CC(CN)O2. The molecule has 0 fully saturated rings. The summed E-state index contributed by atoms with van der Waals surface area (Å²) in [4.78, 5) is 11.4. The third-order valence-electron chi connectivity index (χ3n) is 3.13. The number of ketones is 1. The van der Waals surface area contributed by atoms with Crippen LogP contribution in [0.15, 0.2) is 29.6 Å². The Kier molecular flexibility index (Phi) is 8.31. The summed E-state index contributed by atoms with van der Waals surface area (Å²) in [5.74, 6) is 0.975. The van der Waals surface area contributed by atoms with Crippen LogP contribution in [-0.4, -0.2) is 18.4 Å². The van der Waals surface area contributed by atoms with Gasteiger partial charge >= 0.3 is 0 Å². The highest BCUT2D eigenvalue weighted by molar-refractivity contribution is 7.12. The topological polar surface area (TPSA) is 52.3 Å². The van der Waals surface area contributed by atoms with Gasteiger partial charge in [0.05, 0.1) is 9.90 Å². The van der Waals surface area contributed by atoms with Crippen molar-refractivity contribution in [3.63, 3.8) is 0 Å². The minimum absolute atomic E-state index is 0.106. The first-order valence-corrected chi connectivity index (χ1v) is 8.97. The normalized spacial score (nSPS) is 14.6. The molecule has 0 aliphatic carbocycles. The predicted molar refractivity (Wildman–Crippen MR) is 99.0 cm³/mol. The van der Waals surface area contributed by atoms with Crippen molar-refractivity contribution in [2.45, 2.75) is 40.2 Å². The van der Waals surface area contributed by atoms with E-state index in [0.29, 0.717) is 11.6 Å². The Hall–Kier alpha value is -1.36. The van der Waals surface area contributed by atoms with Gasteiger partial charge in [0, 0.05) is 13.0 Å². The number of carbonyl (C=O) groups excluding carboxylic acids is 1. The van der Waals surface area contributed by atoms with Crippen LogP contribution in [-0.2, 0) is 6.42 Å². The van der Waals surface area contributed by atoms with Gasteiger partial charge in [-0.05, 0) is 42.5 Å². The van der Waals surface area contributed by atoms with Crippen LogP contribution < -0.4 is 10.5 Å². The number of fused-ring (bicyclic) bond motifs is 1. The van der Waals surface area contributed by atoms with Gasteiger partial charge in [-0.2, -0.15) is 0 Å². The zero-order valence-corrected chi connectivity index (χ0v) is 15.6. The fourth-order valence-corrected chi connectivity index (χ4v) is 3.11. The number of hydrogen-bond donors (Lipinski definition) is 1. The first-order chi connectivity index (χ1) is 11.0. The molecule has 23 heavy (non-hydrogen) atoms. The lowest BCUT2D eigenvalue weighted by Gasteiger charge is -2.07. The molecule has 126 valence electrons. The second kappa shape index (κ2) is 9.71. The molecule has 1 unspecified atom stereocenters. The zero-order valence-electron chi connectivity index (χ0n) is 14.1. The van der Waals surface area contributed by atoms with Gasteiger partial charge < -0.3 is 10.5 Å². The highest BCUT2D eigenvalue weighted by Gasteiger charge is 2.23. The Morgan fingerprint density at radius 2 is 2.13 bits per heavy atom. The maximum atomic E-state index is 10.5. The summed E-state index contributed by atoms with van der Waals surface area (Å²) in [6.45, 7) is 8.15. The van der Waals surface area contributed by atoms with Crippen molar-refractivity contribution in [3.8, 4) is 5.75 Å². The van der Waals surface area contributed by atoms with Crippen LogP contribution in [0.5, 0.6) is 5.75 Å². The highest BCUT2D eigenvalue weighted by Crippen LogP contribution is 2.36. The maximum absolute atomic E-state index is 10.5. The average Bonchev–Trinajstić information content (AvgIpc) is 3.19. The fourth-order valence-electron chi connectivity index (χ4n) is 2.15. The number of nitrogens with two attached hydrogens (primary N) is 1. The molecule has 2 N–H and O–H groups in total. The number of benzene rings is 1. The van der Waals surface area contributed by atoms with Crippen LogP contribution in [0.1, 0.15) is 41.6 Å². The van der Waals surface area contributed by atoms with Crippen LogP contribution in [0.25, 0.3) is 0 Å². The summed E-state index contributed by atoms with van der Waals surface area (Å²) in [6.07, 6.45) is 0.988. The first kappa shape index (κ1) is 19.7. The van der Waals surface area contributed by atoms with Crippen LogP contribution in [0.3, 0.4) is 0 Å². The summed E-state index contributed by atoms with van der Waals surface area (Å²) in [7, 11) is 0. The number of halogens is 1. The van der Waals surface area contributed by atoms with E-state index in [4.69, 9.17) is 22.1 Å². The van der Waals surface area contributed by atoms with Crippen LogP contribution >= 0.6 is 22.9 Å². The molecule has 3 nitrogen and oxygen atoms in total. The second-order valence-electron chi connectivity index (χ2n) is 4.95. The molecule has 0 bridgehead atoms. The van der Waals surface area contributed by atoms with Crippen molar-refractivity contribution in [2.75, 3.05) is 6.54 Å². The van der Waals surface area contributed by atoms with Crippen molar-refractivity contribution in [3.05, 3.63) is 50.7 Å². The Morgan fingerprint density at radius 1 is 1.43 bits per heavy atom. The van der Waals surface area contributed by atoms with Crippen LogP contribution in [0, 0.1) is 6.92 Å². The van der Waals surface area contributed by atoms with Gasteiger partial charge in [0.25, 0.3) is 0 Å². The second-order valence-corrected chi connectivity index (χ2v) is 6.30. The van der Waals surface area contributed by atoms with E-state index in [-0.39, 0.29) is 11.9 Å². The highest BCUT2D eigenvalue weighted by atomic mass is 35.5. The Labute approximate surface area is 147 Å². The Morgan fingerprint density at radius 3 is 2.61 bits per heavy atom. The molecule has 0 spiro atoms. The maximum Gasteiger partial charge on any atom is 0.169 e. The van der Waals surface area contributed by atoms with Gasteiger partial charge in [-0.15, -0.1) is 11.3 Å². The molecule has 0 amide bonds. The van der Waals surface area contributed by atoms with Gasteiger partial charge in [0.2, 0.25) is 0 Å². The molecule has 1 aromatic heterocycles. The number of thiophene rings is 1. The van der Waals surface area contributed by atoms with Crippen molar-refractivity contribution in [1.82, 2.24) is 0 Å². The molecule has 3 rings (SSSR count). The molecular formula is C18H24ClNO2S. The lowest BCUT2D eigenvalue weighted by atomic mass is 10.1. The fraction of sp³-hybridized carbons (Fsp3) is 0.389. The summed E-state index contributed by atoms with van der Waals surface area (Å²) < 4.78 is 5.58. The molecule has 1 aliphatic rings. The van der Waals surface area contributed by atoms with Crippen LogP contribution in [0.4, 0.5) is 0 Å². The number of aryl methyl sites for hydroxylation is 1. The van der Waals surface area contributed by atoms with E-state index in [2.05, 4.69) is 6.07 Å². The minimum atomic E-state index is 0.106. The Balaban J connectivity index is 0.000000228. The van der Waals surface area contributed by atoms with Crippen LogP contribution in [0.2, 0.25) is 5.02 Å². The smallest absolute Gasteiger partial charge is 0.169 e. The van der Waals surface area contributed by atoms with Gasteiger partial charge in [-0.3, -0.25) is 4.79 Å². The quantitative estimate of drug-likeness (QED) is 0.782. The number of ether oxygens (including phenoxy) is 1. The van der Waals surface area contributed by atoms with E-state index < -0.39 is 0 Å². The van der Waals surface area contributed by atoms with Crippen molar-refractivity contribution in [2.24, 2.45) is 5.73 Å². The molecule has 0 saturated carbocycles. The van der Waals surface area contributed by atoms with Gasteiger partial charge in [0.15, 0.2) is 5.78 Å². The van der Waals surface area contributed by atoms with Crippen molar-refractivity contribution in [1.29, 1.82) is 0 Å². The molecular weight excluding hydrogens is 330 g/mol. The summed E-state index contributed by atoms with van der Waals surface area (Å²) >= 11 is 7.51. The monoisotopic (exact) mass is 353 g/mol. The molecule has 2 aromatic rings. The molecule has 1 aromatic carbocycles. The van der Waals surface area contributed by atoms with E-state index in [1.54, 1.807) is 6.92 Å². The number of rotatable bonds is 2. The molecule has 1 aliphatic heterocycles. The molecule has 1 atom stereocenters. The zero-order chi connectivity index (χ0) is 17.4. The van der Waals surface area contributed by atoms with E-state index in [1.807, 2.05) is 44.4 Å². The lowest BCUT2D eigenvalue weighted by molar-refractivity contribution is 0.102. The average molecular weight is 354 g/mol. The van der Waals surface area contributed by atoms with E-state index in [0.717, 1.165) is 17.0 Å². The van der Waals surface area contributed by atoms with Gasteiger partial charge in [0.1, 0.15) is 11.9 Å². The lowest BCUT2D eigenvalue weighted by Crippen LogP contribution is -2.24. The Bertz CT molecular complexity index is 626. The van der Waals surface area contributed by atoms with Crippen molar-refractivity contribution < 1.29 is 9.53 Å². The van der Waals surface area contributed by atoms with Gasteiger partial charge in [-0.1, -0.05) is 37.6 Å². The first-order valence-electron chi connectivity index (χ1n) is 7.71. The van der Waals surface area contributed by atoms with E-state index >= 15 is 0 Å². The minimum Gasteiger partial charge on any atom is -0.487 e. The molecule has 5 heteroatoms. The predicted octanol–water partition coefficient (Wildman–Crippen LogP) is 4.89. The number of carbonyl (C=O) groups is 1. The largest absolute Gasteiger partial charge is 0.487 e. The molecule has 0 saturated heterocycles. The third-order valence-corrected chi connectivity index (χ3v) is 4.38. The number of Topliss-reactive ketones (excluding diaryl/α,β-unsaturated/α-hetero) is 1. The van der Waals surface area contributed by atoms with E-state index in [9.17, 15) is 4.79 Å².